The molecule has 0 bridgehead atoms. The van der Waals surface area contributed by atoms with E-state index in [9.17, 15) is 10.2 Å². The second kappa shape index (κ2) is 7.63. The minimum Gasteiger partial charge on any atom is -0.394 e. The first-order valence-electron chi connectivity index (χ1n) is 8.62. The Balaban J connectivity index is 1.90. The van der Waals surface area contributed by atoms with Crippen molar-refractivity contribution >= 4 is 22.9 Å². The van der Waals surface area contributed by atoms with Crippen LogP contribution >= 0.6 is 11.8 Å². The molecule has 0 radical (unpaired) electrons. The first kappa shape index (κ1) is 18.7. The number of rotatable bonds is 7. The molecule has 1 aliphatic rings. The number of ether oxygens (including phenoxy) is 1. The number of thioether (sulfide) groups is 1. The highest BCUT2D eigenvalue weighted by molar-refractivity contribution is 7.99. The molecule has 0 amide bonds. The van der Waals surface area contributed by atoms with Crippen LogP contribution in [0.1, 0.15) is 31.5 Å². The van der Waals surface area contributed by atoms with Crippen LogP contribution in [0.15, 0.2) is 5.16 Å². The van der Waals surface area contributed by atoms with Crippen LogP contribution < -0.4 is 0 Å². The van der Waals surface area contributed by atoms with Crippen LogP contribution in [0.25, 0.3) is 11.2 Å². The molecule has 0 saturated heterocycles. The lowest BCUT2D eigenvalue weighted by molar-refractivity contribution is -0.0631. The van der Waals surface area contributed by atoms with Gasteiger partial charge in [0.1, 0.15) is 17.7 Å². The summed E-state index contributed by atoms with van der Waals surface area (Å²) in [6.45, 7) is 4.11. The maximum Gasteiger partial charge on any atom is 0.189 e. The molecule has 1 unspecified atom stereocenters. The second-order valence-electron chi connectivity index (χ2n) is 6.40. The van der Waals surface area contributed by atoms with E-state index in [0.717, 1.165) is 34.2 Å². The SMILES string of the molecule is CCCSc1nc(C)c2c(n1)n(C1C[C@H](OCCO)[C@@H](O)[C@H]1O)n2C. The third kappa shape index (κ3) is 3.31. The summed E-state index contributed by atoms with van der Waals surface area (Å²) in [6.07, 6.45) is -0.911. The lowest BCUT2D eigenvalue weighted by Gasteiger charge is -2.30. The lowest BCUT2D eigenvalue weighted by atomic mass is 10.2. The highest BCUT2D eigenvalue weighted by Crippen LogP contribution is 2.37. The maximum atomic E-state index is 10.5. The van der Waals surface area contributed by atoms with Crippen LogP contribution in [0.5, 0.6) is 0 Å². The van der Waals surface area contributed by atoms with Gasteiger partial charge in [0, 0.05) is 19.2 Å². The van der Waals surface area contributed by atoms with Crippen molar-refractivity contribution in [1.29, 1.82) is 0 Å². The summed E-state index contributed by atoms with van der Waals surface area (Å²) in [5.41, 5.74) is 2.64. The molecule has 2 aromatic rings. The van der Waals surface area contributed by atoms with Crippen LogP contribution in [0.4, 0.5) is 0 Å². The van der Waals surface area contributed by atoms with E-state index >= 15 is 0 Å². The highest BCUT2D eigenvalue weighted by atomic mass is 32.2. The van der Waals surface area contributed by atoms with Crippen molar-refractivity contribution in [2.45, 2.75) is 56.2 Å². The van der Waals surface area contributed by atoms with Gasteiger partial charge in [0.2, 0.25) is 0 Å². The number of aryl methyl sites for hydroxylation is 2. The van der Waals surface area contributed by atoms with Crippen molar-refractivity contribution in [3.8, 4) is 0 Å². The molecule has 1 aliphatic carbocycles. The van der Waals surface area contributed by atoms with Gasteiger partial charge in [0.25, 0.3) is 0 Å². The Kier molecular flexibility index (Phi) is 5.69. The summed E-state index contributed by atoms with van der Waals surface area (Å²) >= 11 is 1.62. The molecule has 0 aliphatic heterocycles. The number of hydrogen-bond donors (Lipinski definition) is 3. The molecule has 9 heteroatoms. The number of hydrogen-bond acceptors (Lipinski definition) is 7. The predicted octanol–water partition coefficient (Wildman–Crippen LogP) is 0.624. The largest absolute Gasteiger partial charge is 0.394 e. The molecule has 2 heterocycles. The van der Waals surface area contributed by atoms with E-state index in [4.69, 9.17) is 9.84 Å². The summed E-state index contributed by atoms with van der Waals surface area (Å²) in [4.78, 5) is 9.19. The van der Waals surface area contributed by atoms with Gasteiger partial charge in [-0.3, -0.25) is 9.36 Å². The molecule has 140 valence electrons. The van der Waals surface area contributed by atoms with E-state index in [1.54, 1.807) is 11.8 Å². The molecular formula is C16H26N4O4S. The number of fused-ring (bicyclic) bond motifs is 1. The Morgan fingerprint density at radius 3 is 2.72 bits per heavy atom. The fourth-order valence-electron chi connectivity index (χ4n) is 3.49. The summed E-state index contributed by atoms with van der Waals surface area (Å²) in [6, 6.07) is -0.325. The monoisotopic (exact) mass is 370 g/mol. The summed E-state index contributed by atoms with van der Waals surface area (Å²) in [5, 5.41) is 30.4. The smallest absolute Gasteiger partial charge is 0.189 e. The quantitative estimate of drug-likeness (QED) is 0.485. The Labute approximate surface area is 150 Å². The van der Waals surface area contributed by atoms with Gasteiger partial charge in [-0.05, 0) is 13.3 Å². The number of aromatic nitrogens is 4. The van der Waals surface area contributed by atoms with E-state index in [0.29, 0.717) is 6.42 Å². The summed E-state index contributed by atoms with van der Waals surface area (Å²) in [5.74, 6) is 0.954. The van der Waals surface area contributed by atoms with Gasteiger partial charge in [-0.1, -0.05) is 18.7 Å². The normalized spacial score (nSPS) is 26.8. The Morgan fingerprint density at radius 2 is 2.04 bits per heavy atom. The summed E-state index contributed by atoms with van der Waals surface area (Å²) < 4.78 is 9.30. The molecule has 25 heavy (non-hydrogen) atoms. The van der Waals surface area contributed by atoms with Gasteiger partial charge < -0.3 is 20.1 Å². The summed E-state index contributed by atoms with van der Waals surface area (Å²) in [7, 11) is 1.90. The minimum atomic E-state index is -0.981. The Hall–Kier alpha value is -1.13. The number of aliphatic hydroxyl groups excluding tert-OH is 3. The molecule has 8 nitrogen and oxygen atoms in total. The molecule has 0 spiro atoms. The van der Waals surface area contributed by atoms with E-state index < -0.39 is 18.3 Å². The fourth-order valence-corrected chi connectivity index (χ4v) is 4.23. The van der Waals surface area contributed by atoms with Crippen molar-refractivity contribution in [3.05, 3.63) is 5.69 Å². The van der Waals surface area contributed by atoms with Crippen LogP contribution in [0.3, 0.4) is 0 Å². The van der Waals surface area contributed by atoms with E-state index in [-0.39, 0.29) is 19.3 Å². The van der Waals surface area contributed by atoms with Gasteiger partial charge in [-0.15, -0.1) is 0 Å². The van der Waals surface area contributed by atoms with Crippen molar-refractivity contribution in [2.24, 2.45) is 7.05 Å². The number of aliphatic hydroxyl groups is 3. The molecule has 2 aromatic heterocycles. The fraction of sp³-hybridized carbons (Fsp3) is 0.750. The van der Waals surface area contributed by atoms with Crippen LogP contribution in [-0.2, 0) is 11.8 Å². The molecule has 4 atom stereocenters. The van der Waals surface area contributed by atoms with Gasteiger partial charge in [-0.25, -0.2) is 9.97 Å². The van der Waals surface area contributed by atoms with Gasteiger partial charge >= 0.3 is 0 Å². The molecule has 0 aromatic carbocycles. The minimum absolute atomic E-state index is 0.110. The van der Waals surface area contributed by atoms with Crippen LogP contribution in [-0.4, -0.2) is 71.9 Å². The molecule has 3 rings (SSSR count). The zero-order chi connectivity index (χ0) is 18.1. The topological polar surface area (TPSA) is 106 Å². The lowest BCUT2D eigenvalue weighted by Crippen LogP contribution is -2.36. The molecule has 1 fully saturated rings. The Bertz CT molecular complexity index is 731. The van der Waals surface area contributed by atoms with Gasteiger partial charge in [-0.2, -0.15) is 0 Å². The van der Waals surface area contributed by atoms with Gasteiger partial charge in [0.05, 0.1) is 31.1 Å². The third-order valence-corrected chi connectivity index (χ3v) is 5.71. The van der Waals surface area contributed by atoms with Crippen molar-refractivity contribution in [2.75, 3.05) is 19.0 Å². The van der Waals surface area contributed by atoms with Crippen LogP contribution in [0.2, 0.25) is 0 Å². The molecular weight excluding hydrogens is 344 g/mol. The average molecular weight is 370 g/mol. The highest BCUT2D eigenvalue weighted by Gasteiger charge is 2.45. The second-order valence-corrected chi connectivity index (χ2v) is 7.46. The molecule has 3 N–H and O–H groups in total. The zero-order valence-corrected chi connectivity index (χ0v) is 15.6. The maximum absolute atomic E-state index is 10.5. The first-order chi connectivity index (χ1) is 12.0. The zero-order valence-electron chi connectivity index (χ0n) is 14.8. The first-order valence-corrected chi connectivity index (χ1v) is 9.61. The third-order valence-electron chi connectivity index (χ3n) is 4.65. The van der Waals surface area contributed by atoms with E-state index in [2.05, 4.69) is 16.9 Å². The van der Waals surface area contributed by atoms with Gasteiger partial charge in [0.15, 0.2) is 10.8 Å². The van der Waals surface area contributed by atoms with Crippen molar-refractivity contribution < 1.29 is 20.1 Å². The van der Waals surface area contributed by atoms with E-state index in [1.165, 1.54) is 0 Å². The van der Waals surface area contributed by atoms with Crippen molar-refractivity contribution in [3.63, 3.8) is 0 Å². The molecule has 1 saturated carbocycles. The standard InChI is InChI=1S/C16H26N4O4S/c1-4-7-25-16-17-9(2)12-15(18-16)20(19(12)3)10-8-11(24-6-5-21)14(23)13(10)22/h10-11,13-14,21-23H,4-8H2,1-3H3/t10?,11-,13-,14+/m0/s1. The van der Waals surface area contributed by atoms with E-state index in [1.807, 2.05) is 23.3 Å². The Morgan fingerprint density at radius 1 is 1.28 bits per heavy atom. The van der Waals surface area contributed by atoms with Crippen LogP contribution in [0, 0.1) is 6.92 Å². The average Bonchev–Trinajstić information content (AvgIpc) is 2.85. The number of nitrogens with zero attached hydrogens (tertiary/aromatic N) is 4. The van der Waals surface area contributed by atoms with Crippen molar-refractivity contribution in [1.82, 2.24) is 19.3 Å². The predicted molar refractivity (Wildman–Crippen MR) is 94.7 cm³/mol.